The molecule has 5 nitrogen and oxygen atoms in total. The Bertz CT molecular complexity index is 1040. The summed E-state index contributed by atoms with van der Waals surface area (Å²) in [6.45, 7) is 0. The van der Waals surface area contributed by atoms with Crippen molar-refractivity contribution in [1.82, 2.24) is 9.97 Å². The zero-order valence-electron chi connectivity index (χ0n) is 15.4. The number of carbonyl (C=O) groups is 1. The van der Waals surface area contributed by atoms with Gasteiger partial charge in [0.2, 0.25) is 0 Å². The minimum Gasteiger partial charge on any atom is -0.495 e. The van der Waals surface area contributed by atoms with Crippen LogP contribution in [0.5, 0.6) is 5.75 Å². The largest absolute Gasteiger partial charge is 0.495 e. The normalized spacial score (nSPS) is 11.2. The molecule has 0 saturated carbocycles. The molecule has 0 bridgehead atoms. The first-order valence-electron chi connectivity index (χ1n) is 8.32. The molecule has 1 heterocycles. The molecule has 0 aliphatic carbocycles. The number of amides is 1. The Kier molecular flexibility index (Phi) is 5.74. The van der Waals surface area contributed by atoms with Crippen LogP contribution in [0.4, 0.5) is 18.9 Å². The van der Waals surface area contributed by atoms with Crippen molar-refractivity contribution in [3.8, 4) is 17.0 Å². The van der Waals surface area contributed by atoms with E-state index in [1.54, 1.807) is 25.2 Å². The lowest BCUT2D eigenvalue weighted by molar-refractivity contribution is -0.137. The van der Waals surface area contributed by atoms with Gasteiger partial charge in [0, 0.05) is 23.7 Å². The summed E-state index contributed by atoms with van der Waals surface area (Å²) in [5.41, 5.74) is 0.425. The molecule has 0 saturated heterocycles. The Morgan fingerprint density at radius 3 is 2.41 bits per heavy atom. The molecule has 0 radical (unpaired) electrons. The van der Waals surface area contributed by atoms with Gasteiger partial charge in [-0.2, -0.15) is 13.2 Å². The van der Waals surface area contributed by atoms with Gasteiger partial charge in [0.25, 0.3) is 5.91 Å². The molecule has 0 spiro atoms. The molecule has 9 heteroatoms. The number of aromatic nitrogens is 2. The number of anilines is 1. The van der Waals surface area contributed by atoms with Crippen molar-refractivity contribution in [1.29, 1.82) is 0 Å². The maximum absolute atomic E-state index is 12.9. The maximum Gasteiger partial charge on any atom is 0.416 e. The number of hydrogen-bond donors (Lipinski definition) is 0. The van der Waals surface area contributed by atoms with Gasteiger partial charge in [0.15, 0.2) is 0 Å². The van der Waals surface area contributed by atoms with Gasteiger partial charge in [-0.15, -0.1) is 0 Å². The molecule has 0 aliphatic rings. The molecule has 29 heavy (non-hydrogen) atoms. The van der Waals surface area contributed by atoms with Crippen molar-refractivity contribution in [2.75, 3.05) is 19.1 Å². The van der Waals surface area contributed by atoms with Gasteiger partial charge < -0.3 is 9.64 Å². The Morgan fingerprint density at radius 2 is 1.79 bits per heavy atom. The first kappa shape index (κ1) is 20.6. The van der Waals surface area contributed by atoms with E-state index in [4.69, 9.17) is 16.3 Å². The molecule has 3 aromatic rings. The highest BCUT2D eigenvalue weighted by Crippen LogP contribution is 2.32. The van der Waals surface area contributed by atoms with E-state index >= 15 is 0 Å². The van der Waals surface area contributed by atoms with Crippen LogP contribution < -0.4 is 9.64 Å². The summed E-state index contributed by atoms with van der Waals surface area (Å²) in [5, 5.41) is 0.454. The van der Waals surface area contributed by atoms with Crippen molar-refractivity contribution < 1.29 is 22.7 Å². The van der Waals surface area contributed by atoms with Gasteiger partial charge in [-0.3, -0.25) is 9.78 Å². The smallest absolute Gasteiger partial charge is 0.416 e. The third-order valence-electron chi connectivity index (χ3n) is 4.17. The third-order valence-corrected chi connectivity index (χ3v) is 4.40. The fourth-order valence-corrected chi connectivity index (χ4v) is 2.81. The third kappa shape index (κ3) is 4.48. The lowest BCUT2D eigenvalue weighted by atomic mass is 10.1. The number of rotatable bonds is 4. The van der Waals surface area contributed by atoms with E-state index in [2.05, 4.69) is 9.97 Å². The van der Waals surface area contributed by atoms with Gasteiger partial charge in [-0.25, -0.2) is 4.98 Å². The topological polar surface area (TPSA) is 55.3 Å². The van der Waals surface area contributed by atoms with E-state index in [1.165, 1.54) is 36.5 Å². The predicted octanol–water partition coefficient (Wildman–Crippen LogP) is 5.10. The van der Waals surface area contributed by atoms with E-state index in [-0.39, 0.29) is 11.4 Å². The van der Waals surface area contributed by atoms with Crippen LogP contribution in [-0.2, 0) is 6.18 Å². The number of alkyl halides is 3. The van der Waals surface area contributed by atoms with Crippen molar-refractivity contribution in [3.05, 3.63) is 71.1 Å². The Balaban J connectivity index is 1.90. The molecule has 1 amide bonds. The van der Waals surface area contributed by atoms with Crippen molar-refractivity contribution in [3.63, 3.8) is 0 Å². The SMILES string of the molecule is COc1cc(Cl)ccc1N(C)C(=O)c1cncc(-c2ccc(C(F)(F)F)cc2)n1. The Labute approximate surface area is 169 Å². The van der Waals surface area contributed by atoms with Crippen molar-refractivity contribution in [2.24, 2.45) is 0 Å². The molecular weight excluding hydrogens is 407 g/mol. The van der Waals surface area contributed by atoms with E-state index in [0.717, 1.165) is 12.1 Å². The molecule has 0 N–H and O–H groups in total. The lowest BCUT2D eigenvalue weighted by Gasteiger charge is -2.20. The number of halogens is 4. The minimum absolute atomic E-state index is 0.0295. The number of benzene rings is 2. The number of hydrogen-bond acceptors (Lipinski definition) is 4. The second-order valence-corrected chi connectivity index (χ2v) is 6.48. The second-order valence-electron chi connectivity index (χ2n) is 6.05. The van der Waals surface area contributed by atoms with Gasteiger partial charge in [-0.1, -0.05) is 23.7 Å². The van der Waals surface area contributed by atoms with Gasteiger partial charge in [0.05, 0.1) is 36.4 Å². The van der Waals surface area contributed by atoms with Crippen LogP contribution in [0.25, 0.3) is 11.3 Å². The van der Waals surface area contributed by atoms with Crippen LogP contribution in [0.3, 0.4) is 0 Å². The molecule has 3 rings (SSSR count). The first-order chi connectivity index (χ1) is 13.7. The average molecular weight is 422 g/mol. The summed E-state index contributed by atoms with van der Waals surface area (Å²) in [5.74, 6) is -0.0629. The monoisotopic (exact) mass is 421 g/mol. The molecule has 2 aromatic carbocycles. The zero-order chi connectivity index (χ0) is 21.2. The zero-order valence-corrected chi connectivity index (χ0v) is 16.1. The van der Waals surface area contributed by atoms with Gasteiger partial charge >= 0.3 is 6.18 Å². The minimum atomic E-state index is -4.43. The van der Waals surface area contributed by atoms with Crippen LogP contribution in [0.15, 0.2) is 54.9 Å². The molecule has 0 fully saturated rings. The molecule has 0 aliphatic heterocycles. The summed E-state index contributed by atoms with van der Waals surface area (Å²) < 4.78 is 43.5. The Hall–Kier alpha value is -3.13. The van der Waals surface area contributed by atoms with Crippen LogP contribution in [0, 0.1) is 0 Å². The highest BCUT2D eigenvalue weighted by molar-refractivity contribution is 6.30. The molecule has 0 unspecified atom stereocenters. The molecule has 0 atom stereocenters. The number of nitrogens with zero attached hydrogens (tertiary/aromatic N) is 3. The highest BCUT2D eigenvalue weighted by Gasteiger charge is 2.30. The fraction of sp³-hybridized carbons (Fsp3) is 0.150. The van der Waals surface area contributed by atoms with Gasteiger partial charge in [-0.05, 0) is 24.3 Å². The summed E-state index contributed by atoms with van der Waals surface area (Å²) in [4.78, 5) is 22.4. The Morgan fingerprint density at radius 1 is 1.10 bits per heavy atom. The standard InChI is InChI=1S/C20H15ClF3N3O2/c1-27(17-8-7-14(21)9-18(17)29-2)19(28)16-11-25-10-15(26-16)12-3-5-13(6-4-12)20(22,23)24/h3-11H,1-2H3. The number of methoxy groups -OCH3 is 1. The van der Waals surface area contributed by atoms with E-state index in [0.29, 0.717) is 22.0 Å². The van der Waals surface area contributed by atoms with Crippen molar-refractivity contribution in [2.45, 2.75) is 6.18 Å². The maximum atomic E-state index is 12.9. The number of ether oxygens (including phenoxy) is 1. The fourth-order valence-electron chi connectivity index (χ4n) is 2.65. The number of carbonyl (C=O) groups excluding carboxylic acids is 1. The van der Waals surface area contributed by atoms with Crippen LogP contribution in [0.1, 0.15) is 16.1 Å². The van der Waals surface area contributed by atoms with Crippen LogP contribution in [-0.4, -0.2) is 30.0 Å². The van der Waals surface area contributed by atoms with Crippen LogP contribution >= 0.6 is 11.6 Å². The van der Waals surface area contributed by atoms with E-state index in [1.807, 2.05) is 0 Å². The van der Waals surface area contributed by atoms with E-state index < -0.39 is 17.6 Å². The lowest BCUT2D eigenvalue weighted by Crippen LogP contribution is -2.27. The quantitative estimate of drug-likeness (QED) is 0.588. The molecule has 1 aromatic heterocycles. The van der Waals surface area contributed by atoms with Crippen molar-refractivity contribution >= 4 is 23.2 Å². The molecular formula is C20H15ClF3N3O2. The van der Waals surface area contributed by atoms with Gasteiger partial charge in [0.1, 0.15) is 11.4 Å². The average Bonchev–Trinajstić information content (AvgIpc) is 2.72. The summed E-state index contributed by atoms with van der Waals surface area (Å²) in [7, 11) is 3.00. The van der Waals surface area contributed by atoms with Crippen LogP contribution in [0.2, 0.25) is 5.02 Å². The second kappa shape index (κ2) is 8.08. The van der Waals surface area contributed by atoms with E-state index in [9.17, 15) is 18.0 Å². The highest BCUT2D eigenvalue weighted by atomic mass is 35.5. The first-order valence-corrected chi connectivity index (χ1v) is 8.70. The summed E-state index contributed by atoms with van der Waals surface area (Å²) in [6.07, 6.45) is -1.76. The summed E-state index contributed by atoms with van der Waals surface area (Å²) >= 11 is 5.95. The predicted molar refractivity (Wildman–Crippen MR) is 103 cm³/mol. The molecule has 150 valence electrons. The summed E-state index contributed by atoms with van der Waals surface area (Å²) in [6, 6.07) is 9.30.